The molecule has 4 aromatic rings. The number of benzene rings is 1. The van der Waals surface area contributed by atoms with Gasteiger partial charge in [-0.05, 0) is 49.1 Å². The van der Waals surface area contributed by atoms with E-state index in [9.17, 15) is 4.79 Å². The van der Waals surface area contributed by atoms with Crippen LogP contribution in [-0.4, -0.2) is 56.3 Å². The zero-order valence-electron chi connectivity index (χ0n) is 18.3. The summed E-state index contributed by atoms with van der Waals surface area (Å²) in [5, 5.41) is 11.4. The van der Waals surface area contributed by atoms with Gasteiger partial charge in [-0.3, -0.25) is 14.9 Å². The van der Waals surface area contributed by atoms with Crippen molar-refractivity contribution >= 4 is 5.91 Å². The highest BCUT2D eigenvalue weighted by Crippen LogP contribution is 2.25. The van der Waals surface area contributed by atoms with Gasteiger partial charge in [0.25, 0.3) is 11.8 Å². The lowest BCUT2D eigenvalue weighted by molar-refractivity contribution is 0.0666. The molecule has 0 spiro atoms. The first-order valence-electron chi connectivity index (χ1n) is 10.9. The molecular formula is C24H24N6O3. The Labute approximate surface area is 190 Å². The summed E-state index contributed by atoms with van der Waals surface area (Å²) < 4.78 is 10.7. The van der Waals surface area contributed by atoms with E-state index in [0.717, 1.165) is 36.3 Å². The predicted molar refractivity (Wildman–Crippen MR) is 120 cm³/mol. The molecule has 0 bridgehead atoms. The number of hydrogen-bond donors (Lipinski definition) is 1. The Bertz CT molecular complexity index is 1240. The number of piperidine rings is 1. The lowest BCUT2D eigenvalue weighted by atomic mass is 9.94. The van der Waals surface area contributed by atoms with E-state index in [1.807, 2.05) is 41.3 Å². The summed E-state index contributed by atoms with van der Waals surface area (Å²) in [7, 11) is 1.62. The molecule has 1 aliphatic rings. The Hall–Kier alpha value is -4.01. The SMILES string of the molecule is COc1cccc(-c2cc(C(=O)N3CCCC(Cc4noc(-c5ccncc5)n4)C3)[nH]n2)c1. The number of aromatic nitrogens is 5. The smallest absolute Gasteiger partial charge is 0.271 e. The average molecular weight is 444 g/mol. The number of aromatic amines is 1. The number of carbonyl (C=O) groups is 1. The molecular weight excluding hydrogens is 420 g/mol. The van der Waals surface area contributed by atoms with Gasteiger partial charge in [0.2, 0.25) is 0 Å². The Balaban J connectivity index is 1.24. The molecule has 1 N–H and O–H groups in total. The van der Waals surface area contributed by atoms with Gasteiger partial charge in [0, 0.05) is 43.0 Å². The first-order chi connectivity index (χ1) is 16.2. The molecule has 0 radical (unpaired) electrons. The van der Waals surface area contributed by atoms with Crippen LogP contribution in [0.2, 0.25) is 0 Å². The molecule has 4 heterocycles. The number of nitrogens with zero attached hydrogens (tertiary/aromatic N) is 5. The van der Waals surface area contributed by atoms with Crippen LogP contribution < -0.4 is 4.74 Å². The Morgan fingerprint density at radius 1 is 1.21 bits per heavy atom. The molecule has 1 atom stereocenters. The van der Waals surface area contributed by atoms with Crippen LogP contribution in [0.3, 0.4) is 0 Å². The molecule has 1 unspecified atom stereocenters. The van der Waals surface area contributed by atoms with Crippen LogP contribution in [0.1, 0.15) is 29.2 Å². The first kappa shape index (κ1) is 20.9. The van der Waals surface area contributed by atoms with Crippen LogP contribution in [0.5, 0.6) is 5.75 Å². The molecule has 1 amide bonds. The zero-order chi connectivity index (χ0) is 22.6. The van der Waals surface area contributed by atoms with E-state index in [1.54, 1.807) is 25.6 Å². The minimum absolute atomic E-state index is 0.0491. The van der Waals surface area contributed by atoms with Crippen molar-refractivity contribution in [3.05, 3.63) is 66.4 Å². The van der Waals surface area contributed by atoms with Crippen LogP contribution in [0.15, 0.2) is 59.4 Å². The van der Waals surface area contributed by atoms with E-state index in [0.29, 0.717) is 36.1 Å². The largest absolute Gasteiger partial charge is 0.497 e. The second-order valence-electron chi connectivity index (χ2n) is 8.11. The molecule has 0 aliphatic carbocycles. The fourth-order valence-corrected chi connectivity index (χ4v) is 4.15. The van der Waals surface area contributed by atoms with Crippen molar-refractivity contribution in [3.8, 4) is 28.5 Å². The molecule has 168 valence electrons. The van der Waals surface area contributed by atoms with Gasteiger partial charge in [-0.25, -0.2) is 0 Å². The van der Waals surface area contributed by atoms with Gasteiger partial charge in [0.1, 0.15) is 11.4 Å². The van der Waals surface area contributed by atoms with Crippen LogP contribution in [0.25, 0.3) is 22.7 Å². The van der Waals surface area contributed by atoms with Crippen LogP contribution in [0.4, 0.5) is 0 Å². The summed E-state index contributed by atoms with van der Waals surface area (Å²) in [4.78, 5) is 23.5. The molecule has 1 aliphatic heterocycles. The minimum atomic E-state index is -0.0491. The van der Waals surface area contributed by atoms with Gasteiger partial charge in [0.05, 0.1) is 12.8 Å². The molecule has 5 rings (SSSR count). The third-order valence-corrected chi connectivity index (χ3v) is 5.85. The number of hydrogen-bond acceptors (Lipinski definition) is 7. The van der Waals surface area contributed by atoms with Crippen molar-refractivity contribution in [2.45, 2.75) is 19.3 Å². The second-order valence-corrected chi connectivity index (χ2v) is 8.11. The van der Waals surface area contributed by atoms with E-state index >= 15 is 0 Å². The maximum absolute atomic E-state index is 13.1. The van der Waals surface area contributed by atoms with Gasteiger partial charge in [-0.1, -0.05) is 17.3 Å². The van der Waals surface area contributed by atoms with Gasteiger partial charge in [-0.2, -0.15) is 10.1 Å². The number of rotatable bonds is 6. The summed E-state index contributed by atoms with van der Waals surface area (Å²) in [5.74, 6) is 2.11. The van der Waals surface area contributed by atoms with Crippen molar-refractivity contribution in [1.29, 1.82) is 0 Å². The highest BCUT2D eigenvalue weighted by atomic mass is 16.5. The minimum Gasteiger partial charge on any atom is -0.497 e. The normalized spacial score (nSPS) is 16.0. The highest BCUT2D eigenvalue weighted by Gasteiger charge is 2.27. The third-order valence-electron chi connectivity index (χ3n) is 5.85. The Morgan fingerprint density at radius 2 is 2.09 bits per heavy atom. The van der Waals surface area contributed by atoms with Gasteiger partial charge < -0.3 is 14.2 Å². The number of carbonyl (C=O) groups excluding carboxylic acids is 1. The van der Waals surface area contributed by atoms with Crippen LogP contribution >= 0.6 is 0 Å². The number of pyridine rings is 1. The Morgan fingerprint density at radius 3 is 2.94 bits per heavy atom. The average Bonchev–Trinajstić information content (AvgIpc) is 3.55. The lowest BCUT2D eigenvalue weighted by Gasteiger charge is -2.31. The number of amides is 1. The summed E-state index contributed by atoms with van der Waals surface area (Å²) >= 11 is 0. The standard InChI is InChI=1S/C24H24N6O3/c1-32-19-6-2-5-18(13-19)20-14-21(28-27-20)24(31)30-11-3-4-16(15-30)12-22-26-23(33-29-22)17-7-9-25-10-8-17/h2,5-10,13-14,16H,3-4,11-12,15H2,1H3,(H,27,28). The number of likely N-dealkylation sites (tertiary alicyclic amines) is 1. The van der Waals surface area contributed by atoms with E-state index in [1.165, 1.54) is 0 Å². The van der Waals surface area contributed by atoms with Gasteiger partial charge in [-0.15, -0.1) is 0 Å². The number of ether oxygens (including phenoxy) is 1. The Kier molecular flexibility index (Phi) is 5.84. The zero-order valence-corrected chi connectivity index (χ0v) is 18.3. The molecule has 1 aromatic carbocycles. The van der Waals surface area contributed by atoms with E-state index < -0.39 is 0 Å². The maximum atomic E-state index is 13.1. The molecule has 33 heavy (non-hydrogen) atoms. The molecule has 3 aromatic heterocycles. The highest BCUT2D eigenvalue weighted by molar-refractivity contribution is 5.93. The molecule has 0 saturated carbocycles. The first-order valence-corrected chi connectivity index (χ1v) is 10.9. The maximum Gasteiger partial charge on any atom is 0.271 e. The molecule has 9 nitrogen and oxygen atoms in total. The van der Waals surface area contributed by atoms with Crippen molar-refractivity contribution in [2.75, 3.05) is 20.2 Å². The number of nitrogens with one attached hydrogen (secondary N) is 1. The summed E-state index contributed by atoms with van der Waals surface area (Å²) in [5.41, 5.74) is 2.92. The van der Waals surface area contributed by atoms with Crippen molar-refractivity contribution < 1.29 is 14.1 Å². The molecule has 1 saturated heterocycles. The van der Waals surface area contributed by atoms with E-state index in [4.69, 9.17) is 9.26 Å². The lowest BCUT2D eigenvalue weighted by Crippen LogP contribution is -2.40. The van der Waals surface area contributed by atoms with Crippen LogP contribution in [0, 0.1) is 5.92 Å². The monoisotopic (exact) mass is 444 g/mol. The number of methoxy groups -OCH3 is 1. The van der Waals surface area contributed by atoms with Crippen molar-refractivity contribution in [2.24, 2.45) is 5.92 Å². The van der Waals surface area contributed by atoms with E-state index in [2.05, 4.69) is 25.3 Å². The van der Waals surface area contributed by atoms with Crippen molar-refractivity contribution in [1.82, 2.24) is 30.2 Å². The van der Waals surface area contributed by atoms with Crippen LogP contribution in [-0.2, 0) is 6.42 Å². The summed E-state index contributed by atoms with van der Waals surface area (Å²) in [6.07, 6.45) is 6.00. The van der Waals surface area contributed by atoms with Gasteiger partial charge in [0.15, 0.2) is 5.82 Å². The fraction of sp³-hybridized carbons (Fsp3) is 0.292. The summed E-state index contributed by atoms with van der Waals surface area (Å²) in [6, 6.07) is 13.1. The quantitative estimate of drug-likeness (QED) is 0.483. The van der Waals surface area contributed by atoms with Gasteiger partial charge >= 0.3 is 0 Å². The van der Waals surface area contributed by atoms with E-state index in [-0.39, 0.29) is 11.8 Å². The fourth-order valence-electron chi connectivity index (χ4n) is 4.15. The summed E-state index contributed by atoms with van der Waals surface area (Å²) in [6.45, 7) is 1.36. The molecule has 1 fully saturated rings. The topological polar surface area (TPSA) is 110 Å². The number of H-pyrrole nitrogens is 1. The predicted octanol–water partition coefficient (Wildman–Crippen LogP) is 3.63. The van der Waals surface area contributed by atoms with Crippen molar-refractivity contribution in [3.63, 3.8) is 0 Å². The second kappa shape index (κ2) is 9.23. The third kappa shape index (κ3) is 4.62. The molecule has 9 heteroatoms.